The monoisotopic (exact) mass is 1910 g/mol. The molecule has 6 aromatic rings. The van der Waals surface area contributed by atoms with Gasteiger partial charge in [-0.05, 0) is 344 Å². The Morgan fingerprint density at radius 1 is 0.341 bits per heavy atom. The third-order valence-electron chi connectivity index (χ3n) is 21.5. The van der Waals surface area contributed by atoms with E-state index in [0.717, 1.165) is 105 Å². The fourth-order valence-corrected chi connectivity index (χ4v) is 14.6. The Morgan fingerprint density at radius 3 is 1.18 bits per heavy atom. The summed E-state index contributed by atoms with van der Waals surface area (Å²) in [4.78, 5) is 18.7. The number of benzene rings is 6. The number of nitrogens with one attached hydrogen (secondary N) is 6. The number of rotatable bonds is 36. The smallest absolute Gasteiger partial charge is 0.236 e. The van der Waals surface area contributed by atoms with Crippen LogP contribution in [-0.2, 0) is 35.0 Å². The first-order valence-electron chi connectivity index (χ1n) is 52.6. The predicted molar refractivity (Wildman–Crippen MR) is 587 cm³/mol. The largest absolute Gasteiger partial charge is 0.491 e. The van der Waals surface area contributed by atoms with Crippen molar-refractivity contribution in [2.24, 2.45) is 0 Å². The molecule has 10 rings (SSSR count). The number of ether oxygens (including phenoxy) is 9. The average molecular weight is 1910 g/mol. The molecule has 3 saturated heterocycles. The highest BCUT2D eigenvalue weighted by Gasteiger charge is 2.30. The Balaban J connectivity index is 0.000000530. The third kappa shape index (κ3) is 64.0. The van der Waals surface area contributed by atoms with Crippen molar-refractivity contribution in [2.45, 2.75) is 440 Å². The zero-order chi connectivity index (χ0) is 103. The molecule has 0 spiro atoms. The molecule has 6 N–H and O–H groups in total. The molecule has 19 heteroatoms. The van der Waals surface area contributed by atoms with Gasteiger partial charge in [0.15, 0.2) is 0 Å². The molecule has 778 valence electrons. The van der Waals surface area contributed by atoms with Crippen LogP contribution in [-0.4, -0.2) is 226 Å². The Labute approximate surface area is 843 Å². The SMILES string of the molecule is CC(C)NC1CCC(OC(C)C)CC1.CC(C)NCC#CCOC(C)C.CC(C)NCC#Cc1ccc2cc(OC(C)C)ccc2c1.CC(C)NCC#Cc1cccc(OC(C)C)c1.CC(C)NCC(=O)N1CCC(OC(C)C)CC1.CC(C)NCc1ccc(-c2ccc(OC(C)C)cc2)cc1.CC(C)OC1CCN(C(C)C)C1.CC(C)OC1CN(C(C)C)C1.CC(C)Oc1ccc(C(C)C)cc1. The molecule has 4 fully saturated rings. The van der Waals surface area contributed by atoms with E-state index < -0.39 is 0 Å². The van der Waals surface area contributed by atoms with Crippen molar-refractivity contribution in [3.05, 3.63) is 156 Å². The van der Waals surface area contributed by atoms with Gasteiger partial charge in [-0.1, -0.05) is 158 Å². The van der Waals surface area contributed by atoms with Gasteiger partial charge < -0.3 is 79.4 Å². The van der Waals surface area contributed by atoms with E-state index in [1.807, 2.05) is 129 Å². The second-order valence-electron chi connectivity index (χ2n) is 41.6. The van der Waals surface area contributed by atoms with Crippen LogP contribution in [0, 0.1) is 35.5 Å². The highest BCUT2D eigenvalue weighted by Crippen LogP contribution is 2.28. The van der Waals surface area contributed by atoms with Crippen molar-refractivity contribution < 1.29 is 47.4 Å². The van der Waals surface area contributed by atoms with E-state index in [1.165, 1.54) is 71.7 Å². The second kappa shape index (κ2) is 72.6. The summed E-state index contributed by atoms with van der Waals surface area (Å²) in [5.41, 5.74) is 7.16. The van der Waals surface area contributed by atoms with Gasteiger partial charge in [-0.2, -0.15) is 0 Å². The molecule has 0 aromatic heterocycles. The van der Waals surface area contributed by atoms with E-state index in [1.54, 1.807) is 0 Å². The van der Waals surface area contributed by atoms with Gasteiger partial charge in [0, 0.05) is 111 Å². The highest BCUT2D eigenvalue weighted by atomic mass is 16.5. The van der Waals surface area contributed by atoms with E-state index in [9.17, 15) is 4.79 Å². The van der Waals surface area contributed by atoms with Crippen LogP contribution in [0.2, 0.25) is 0 Å². The van der Waals surface area contributed by atoms with Crippen molar-refractivity contribution >= 4 is 16.7 Å². The van der Waals surface area contributed by atoms with Crippen molar-refractivity contribution in [2.75, 3.05) is 72.1 Å². The maximum atomic E-state index is 11.9. The molecular weight excluding hydrogens is 1720 g/mol. The molecule has 3 aliphatic heterocycles. The summed E-state index contributed by atoms with van der Waals surface area (Å²) in [5.74, 6) is 23.0. The number of piperidine rings is 1. The van der Waals surface area contributed by atoms with Crippen LogP contribution in [0.1, 0.15) is 322 Å². The number of carbonyl (C=O) groups is 1. The molecule has 4 aliphatic rings. The Hall–Kier alpha value is -7.59. The minimum absolute atomic E-state index is 0.195. The van der Waals surface area contributed by atoms with Crippen LogP contribution in [0.15, 0.2) is 133 Å². The summed E-state index contributed by atoms with van der Waals surface area (Å²) in [6, 6.07) is 50.7. The molecule has 1 atom stereocenters. The van der Waals surface area contributed by atoms with Crippen molar-refractivity contribution in [3.8, 4) is 69.6 Å². The van der Waals surface area contributed by atoms with E-state index in [0.29, 0.717) is 117 Å². The first kappa shape index (κ1) is 126. The number of hydrogen-bond donors (Lipinski definition) is 6. The topological polar surface area (TPSA) is 182 Å². The second-order valence-corrected chi connectivity index (χ2v) is 41.6. The number of carbonyl (C=O) groups excluding carboxylic acids is 1. The van der Waals surface area contributed by atoms with Gasteiger partial charge in [0.1, 0.15) is 29.6 Å². The van der Waals surface area contributed by atoms with E-state index in [4.69, 9.17) is 42.6 Å². The molecule has 138 heavy (non-hydrogen) atoms. The van der Waals surface area contributed by atoms with E-state index in [2.05, 4.69) is 336 Å². The van der Waals surface area contributed by atoms with Gasteiger partial charge in [0.05, 0.1) is 106 Å². The van der Waals surface area contributed by atoms with Gasteiger partial charge in [0.2, 0.25) is 5.91 Å². The maximum Gasteiger partial charge on any atom is 0.236 e. The standard InChI is InChI=1S/C19H25NO.C19H23NO.C15H21NO.C13H26N2O2.C12H25NO.C12H18O.C10H21NO.C10H19NO.C9H19NO/c1-14(2)20-13-16-5-7-17(8-6-16)18-9-11-19(12-10-18)21-15(3)4;1-14(2)20-11-5-6-16-7-8-18-13-19(21-15(3)4)10-9-17(18)12-16;1-12(2)16-10-6-8-14-7-5-9-15(11-14)17-13(3)4;1-10(2)14-9-13(16)15-7-5-12(6-8-15)17-11(3)4;1-9(2)13-11-5-7-12(8-6-11)14-10(3)4;1-9(2)11-5-7-12(8-6-11)13-10(3)4;1-8(2)11-6-5-10(7-11)12-9(3)4;1-9(2)11-7-5-6-8-12-10(3)4;1-7(2)10-5-9(6-10)11-8(3)4/h5-12,14-15,20H,13H2,1-4H3;7-10,12-15,20H,11H2,1-4H3;5,7,9,11-13,16H,10H2,1-4H3;10-12,14H,5-9H2,1-4H3;9-13H,5-8H2,1-4H3;5-10H,1-4H3;8-10H,5-7H2,1-4H3;9-11H,7-8H2,1-4H3;7-9H,5-6H2,1-4H3. The quantitative estimate of drug-likeness (QED) is 0.0204. The van der Waals surface area contributed by atoms with Crippen LogP contribution in [0.25, 0.3) is 21.9 Å². The number of amides is 1. The highest BCUT2D eigenvalue weighted by molar-refractivity contribution is 5.85. The summed E-state index contributed by atoms with van der Waals surface area (Å²) in [6.07, 6.45) is 12.5. The van der Waals surface area contributed by atoms with Crippen LogP contribution in [0.5, 0.6) is 23.0 Å². The summed E-state index contributed by atoms with van der Waals surface area (Å²) in [6.45, 7) is 86.2. The minimum atomic E-state index is 0.195. The molecule has 0 bridgehead atoms. The summed E-state index contributed by atoms with van der Waals surface area (Å²) in [7, 11) is 0. The molecule has 1 unspecified atom stereocenters. The average Bonchev–Trinajstić information content (AvgIpc) is 0.869. The minimum Gasteiger partial charge on any atom is -0.491 e. The summed E-state index contributed by atoms with van der Waals surface area (Å²) < 4.78 is 50.8. The van der Waals surface area contributed by atoms with Gasteiger partial charge in [-0.15, -0.1) is 0 Å². The zero-order valence-corrected chi connectivity index (χ0v) is 93.3. The zero-order valence-electron chi connectivity index (χ0n) is 93.3. The lowest BCUT2D eigenvalue weighted by atomic mass is 9.92. The molecule has 0 radical (unpaired) electrons. The van der Waals surface area contributed by atoms with E-state index in [-0.39, 0.29) is 42.5 Å². The van der Waals surface area contributed by atoms with Crippen LogP contribution in [0.3, 0.4) is 0 Å². The first-order chi connectivity index (χ1) is 65.1. The molecule has 6 aromatic carbocycles. The van der Waals surface area contributed by atoms with Crippen molar-refractivity contribution in [1.82, 2.24) is 46.6 Å². The number of nitrogens with zero attached hydrogens (tertiary/aromatic N) is 3. The third-order valence-corrected chi connectivity index (χ3v) is 21.5. The molecule has 19 nitrogen and oxygen atoms in total. The molecule has 1 amide bonds. The Bertz CT molecular complexity index is 4240. The van der Waals surface area contributed by atoms with E-state index >= 15 is 0 Å². The van der Waals surface area contributed by atoms with Crippen LogP contribution in [0.4, 0.5) is 0 Å². The van der Waals surface area contributed by atoms with Crippen LogP contribution < -0.4 is 50.8 Å². The van der Waals surface area contributed by atoms with Crippen LogP contribution >= 0.6 is 0 Å². The number of fused-ring (bicyclic) bond motifs is 1. The lowest BCUT2D eigenvalue weighted by molar-refractivity contribution is -0.133. The lowest BCUT2D eigenvalue weighted by Gasteiger charge is -2.42. The molecular formula is C119H197N9O10. The van der Waals surface area contributed by atoms with Gasteiger partial charge in [-0.3, -0.25) is 14.6 Å². The van der Waals surface area contributed by atoms with Gasteiger partial charge in [0.25, 0.3) is 0 Å². The Kier molecular flexibility index (Phi) is 66.6. The lowest BCUT2D eigenvalue weighted by Crippen LogP contribution is -2.55. The fourth-order valence-electron chi connectivity index (χ4n) is 14.6. The Morgan fingerprint density at radius 2 is 0.739 bits per heavy atom. The number of likely N-dealkylation sites (tertiary alicyclic amines) is 3. The predicted octanol–water partition coefficient (Wildman–Crippen LogP) is 24.0. The van der Waals surface area contributed by atoms with Gasteiger partial charge in [-0.25, -0.2) is 0 Å². The fraction of sp³-hybridized carbons (Fsp3) is 0.655. The first-order valence-corrected chi connectivity index (χ1v) is 52.6. The number of hydrogen-bond acceptors (Lipinski definition) is 18. The normalized spacial score (nSPS) is 15.6. The van der Waals surface area contributed by atoms with Crippen molar-refractivity contribution in [3.63, 3.8) is 0 Å². The van der Waals surface area contributed by atoms with Gasteiger partial charge >= 0.3 is 0 Å². The summed E-state index contributed by atoms with van der Waals surface area (Å²) >= 11 is 0. The molecule has 3 heterocycles. The maximum absolute atomic E-state index is 11.9. The summed E-state index contributed by atoms with van der Waals surface area (Å²) in [5, 5.41) is 22.3. The molecule has 1 aliphatic carbocycles. The van der Waals surface area contributed by atoms with Crippen molar-refractivity contribution in [1.29, 1.82) is 0 Å². The molecule has 1 saturated carbocycles.